The molecule has 2 heterocycles. The molecule has 0 saturated carbocycles. The Labute approximate surface area is 123 Å². The first kappa shape index (κ1) is 13.7. The molecule has 108 valence electrons. The van der Waals surface area contributed by atoms with Gasteiger partial charge in [0.2, 0.25) is 0 Å². The molecule has 5 heteroatoms. The summed E-state index contributed by atoms with van der Waals surface area (Å²) < 4.78 is 5.43. The van der Waals surface area contributed by atoms with Gasteiger partial charge in [0.05, 0.1) is 24.5 Å². The zero-order valence-electron chi connectivity index (χ0n) is 11.9. The number of anilines is 1. The number of benzene rings is 1. The van der Waals surface area contributed by atoms with E-state index in [1.807, 2.05) is 37.3 Å². The van der Waals surface area contributed by atoms with Crippen molar-refractivity contribution in [3.05, 3.63) is 54.1 Å². The molecular weight excluding hydrogens is 266 g/mol. The van der Waals surface area contributed by atoms with Gasteiger partial charge in [-0.3, -0.25) is 9.78 Å². The molecule has 1 fully saturated rings. The van der Waals surface area contributed by atoms with Crippen LogP contribution < -0.4 is 4.90 Å². The zero-order chi connectivity index (χ0) is 14.7. The number of hydrogen-bond donors (Lipinski definition) is 0. The maximum absolute atomic E-state index is 12.8. The van der Waals surface area contributed by atoms with E-state index in [2.05, 4.69) is 9.97 Å². The first-order chi connectivity index (χ1) is 10.3. The average Bonchev–Trinajstić information content (AvgIpc) is 3.03. The van der Waals surface area contributed by atoms with Crippen molar-refractivity contribution in [1.82, 2.24) is 9.97 Å². The Kier molecular flexibility index (Phi) is 3.92. The lowest BCUT2D eigenvalue weighted by molar-refractivity contribution is 0.0966. The Morgan fingerprint density at radius 3 is 2.67 bits per heavy atom. The van der Waals surface area contributed by atoms with Crippen molar-refractivity contribution in [3.8, 4) is 0 Å². The number of nitrogens with zero attached hydrogens (tertiary/aromatic N) is 3. The summed E-state index contributed by atoms with van der Waals surface area (Å²) in [5.74, 6) is -0.135. The minimum atomic E-state index is -0.135. The lowest BCUT2D eigenvalue weighted by Gasteiger charge is -2.27. The highest BCUT2D eigenvalue weighted by molar-refractivity contribution is 6.05. The van der Waals surface area contributed by atoms with E-state index in [1.165, 1.54) is 6.20 Å². The normalized spacial score (nSPS) is 17.7. The van der Waals surface area contributed by atoms with E-state index < -0.39 is 0 Å². The molecule has 0 bridgehead atoms. The number of para-hydroxylation sites is 1. The van der Waals surface area contributed by atoms with Crippen molar-refractivity contribution in [3.63, 3.8) is 0 Å². The van der Waals surface area contributed by atoms with Crippen LogP contribution in [0.4, 0.5) is 5.69 Å². The van der Waals surface area contributed by atoms with Crippen LogP contribution in [0.25, 0.3) is 0 Å². The molecule has 0 spiro atoms. The van der Waals surface area contributed by atoms with Crippen LogP contribution in [0.2, 0.25) is 0 Å². The summed E-state index contributed by atoms with van der Waals surface area (Å²) in [5, 5.41) is 0. The van der Waals surface area contributed by atoms with Crippen LogP contribution in [-0.4, -0.2) is 35.1 Å². The van der Waals surface area contributed by atoms with Crippen molar-refractivity contribution in [2.24, 2.45) is 0 Å². The Morgan fingerprint density at radius 2 is 2.05 bits per heavy atom. The van der Waals surface area contributed by atoms with Gasteiger partial charge >= 0.3 is 0 Å². The number of aromatic nitrogens is 2. The molecule has 1 saturated heterocycles. The lowest BCUT2D eigenvalue weighted by atomic mass is 10.1. The summed E-state index contributed by atoms with van der Waals surface area (Å²) in [6.07, 6.45) is 3.98. The van der Waals surface area contributed by atoms with Gasteiger partial charge in [-0.05, 0) is 25.5 Å². The summed E-state index contributed by atoms with van der Waals surface area (Å²) in [6, 6.07) is 9.68. The Morgan fingerprint density at radius 1 is 1.24 bits per heavy atom. The third kappa shape index (κ3) is 2.92. The van der Waals surface area contributed by atoms with E-state index in [-0.39, 0.29) is 11.9 Å². The Hall–Kier alpha value is -2.27. The van der Waals surface area contributed by atoms with Crippen molar-refractivity contribution < 1.29 is 9.53 Å². The first-order valence-electron chi connectivity index (χ1n) is 7.01. The molecule has 2 aromatic rings. The van der Waals surface area contributed by atoms with E-state index >= 15 is 0 Å². The number of ether oxygens (including phenoxy) is 1. The van der Waals surface area contributed by atoms with Crippen LogP contribution in [0.15, 0.2) is 42.7 Å². The molecular formula is C16H17N3O2. The zero-order valence-corrected chi connectivity index (χ0v) is 11.9. The van der Waals surface area contributed by atoms with Crippen LogP contribution in [0.1, 0.15) is 22.6 Å². The Balaban J connectivity index is 1.94. The molecule has 1 amide bonds. The molecule has 1 atom stereocenters. The van der Waals surface area contributed by atoms with E-state index in [0.717, 1.165) is 17.8 Å². The molecule has 0 aliphatic carbocycles. The molecule has 0 unspecified atom stereocenters. The maximum atomic E-state index is 12.8. The van der Waals surface area contributed by atoms with Gasteiger partial charge in [0.25, 0.3) is 5.91 Å². The molecule has 1 aliphatic heterocycles. The molecule has 3 rings (SSSR count). The quantitative estimate of drug-likeness (QED) is 0.866. The highest BCUT2D eigenvalue weighted by Crippen LogP contribution is 2.23. The monoisotopic (exact) mass is 283 g/mol. The summed E-state index contributed by atoms with van der Waals surface area (Å²) >= 11 is 0. The topological polar surface area (TPSA) is 55.3 Å². The summed E-state index contributed by atoms with van der Waals surface area (Å²) in [6.45, 7) is 3.09. The van der Waals surface area contributed by atoms with Crippen molar-refractivity contribution >= 4 is 11.6 Å². The minimum Gasteiger partial charge on any atom is -0.379 e. The molecule has 0 radical (unpaired) electrons. The summed E-state index contributed by atoms with van der Waals surface area (Å²) in [4.78, 5) is 22.9. The standard InChI is InChI=1S/C16H17N3O2/c1-12-9-18-15(10-17-12)16(20)19(14-7-8-21-11-14)13-5-3-2-4-6-13/h2-6,9-10,14H,7-8,11H2,1H3/t14-/m1/s1. The van der Waals surface area contributed by atoms with Crippen LogP contribution in [0.3, 0.4) is 0 Å². The van der Waals surface area contributed by atoms with Crippen LogP contribution in [-0.2, 0) is 4.74 Å². The second-order valence-corrected chi connectivity index (χ2v) is 5.07. The molecule has 1 aromatic carbocycles. The van der Waals surface area contributed by atoms with Crippen LogP contribution in [0.5, 0.6) is 0 Å². The fraction of sp³-hybridized carbons (Fsp3) is 0.312. The third-order valence-corrected chi connectivity index (χ3v) is 3.52. The largest absolute Gasteiger partial charge is 0.379 e. The molecule has 1 aromatic heterocycles. The van der Waals surface area contributed by atoms with Gasteiger partial charge < -0.3 is 9.64 Å². The summed E-state index contributed by atoms with van der Waals surface area (Å²) in [7, 11) is 0. The van der Waals surface area contributed by atoms with E-state index in [9.17, 15) is 4.79 Å². The fourth-order valence-corrected chi connectivity index (χ4v) is 2.43. The predicted molar refractivity (Wildman–Crippen MR) is 79.2 cm³/mol. The number of carbonyl (C=O) groups excluding carboxylic acids is 1. The first-order valence-corrected chi connectivity index (χ1v) is 7.01. The van der Waals surface area contributed by atoms with E-state index in [0.29, 0.717) is 18.9 Å². The van der Waals surface area contributed by atoms with Crippen molar-refractivity contribution in [2.45, 2.75) is 19.4 Å². The Bertz CT molecular complexity index is 607. The van der Waals surface area contributed by atoms with Gasteiger partial charge in [-0.2, -0.15) is 0 Å². The fourth-order valence-electron chi connectivity index (χ4n) is 2.43. The smallest absolute Gasteiger partial charge is 0.278 e. The van der Waals surface area contributed by atoms with Gasteiger partial charge in [-0.15, -0.1) is 0 Å². The number of carbonyl (C=O) groups is 1. The van der Waals surface area contributed by atoms with Gasteiger partial charge in [-0.25, -0.2) is 4.98 Å². The number of rotatable bonds is 3. The number of aryl methyl sites for hydroxylation is 1. The SMILES string of the molecule is Cc1cnc(C(=O)N(c2ccccc2)[C@@H]2CCOC2)cn1. The van der Waals surface area contributed by atoms with Crippen molar-refractivity contribution in [1.29, 1.82) is 0 Å². The van der Waals surface area contributed by atoms with Gasteiger partial charge in [0, 0.05) is 18.5 Å². The van der Waals surface area contributed by atoms with E-state index in [4.69, 9.17) is 4.74 Å². The highest BCUT2D eigenvalue weighted by Gasteiger charge is 2.30. The summed E-state index contributed by atoms with van der Waals surface area (Å²) in [5.41, 5.74) is 2.01. The van der Waals surface area contributed by atoms with Crippen LogP contribution in [0, 0.1) is 6.92 Å². The second-order valence-electron chi connectivity index (χ2n) is 5.07. The highest BCUT2D eigenvalue weighted by atomic mass is 16.5. The number of amides is 1. The lowest BCUT2D eigenvalue weighted by Crippen LogP contribution is -2.41. The van der Waals surface area contributed by atoms with Gasteiger partial charge in [-0.1, -0.05) is 18.2 Å². The molecule has 0 N–H and O–H groups in total. The molecule has 21 heavy (non-hydrogen) atoms. The van der Waals surface area contributed by atoms with Crippen molar-refractivity contribution in [2.75, 3.05) is 18.1 Å². The average molecular weight is 283 g/mol. The second kappa shape index (κ2) is 6.01. The third-order valence-electron chi connectivity index (χ3n) is 3.52. The molecule has 5 nitrogen and oxygen atoms in total. The predicted octanol–water partition coefficient (Wildman–Crippen LogP) is 2.22. The maximum Gasteiger partial charge on any atom is 0.278 e. The van der Waals surface area contributed by atoms with E-state index in [1.54, 1.807) is 11.1 Å². The van der Waals surface area contributed by atoms with Crippen LogP contribution >= 0.6 is 0 Å². The van der Waals surface area contributed by atoms with Gasteiger partial charge in [0.15, 0.2) is 0 Å². The van der Waals surface area contributed by atoms with Gasteiger partial charge in [0.1, 0.15) is 5.69 Å². The number of hydrogen-bond acceptors (Lipinski definition) is 4. The molecule has 1 aliphatic rings. The minimum absolute atomic E-state index is 0.0444.